The molecule has 1 aliphatic carbocycles. The number of nitrogens with one attached hydrogen (secondary N) is 1. The number of hydrogen-bond donors (Lipinski definition) is 2. The predicted molar refractivity (Wildman–Crippen MR) is 74.8 cm³/mol. The van der Waals surface area contributed by atoms with Gasteiger partial charge < -0.3 is 19.9 Å². The summed E-state index contributed by atoms with van der Waals surface area (Å²) in [5, 5.41) is 14.5. The van der Waals surface area contributed by atoms with Crippen LogP contribution in [0.25, 0.3) is 0 Å². The van der Waals surface area contributed by atoms with Crippen molar-refractivity contribution in [1.29, 1.82) is 0 Å². The SMILES string of the molecule is OC12CCCCC1[C@H](c1ccc3c(c1)OCO3)NCC2. The molecule has 2 fully saturated rings. The summed E-state index contributed by atoms with van der Waals surface area (Å²) in [5.74, 6) is 1.96. The van der Waals surface area contributed by atoms with Crippen molar-refractivity contribution in [2.24, 2.45) is 5.92 Å². The lowest BCUT2D eigenvalue weighted by atomic mass is 9.67. The van der Waals surface area contributed by atoms with Gasteiger partial charge in [0.1, 0.15) is 0 Å². The number of fused-ring (bicyclic) bond motifs is 2. The summed E-state index contributed by atoms with van der Waals surface area (Å²) in [6, 6.07) is 6.38. The van der Waals surface area contributed by atoms with Gasteiger partial charge >= 0.3 is 0 Å². The third kappa shape index (κ3) is 1.90. The van der Waals surface area contributed by atoms with Crippen LogP contribution in [-0.2, 0) is 0 Å². The molecule has 2 N–H and O–H groups in total. The van der Waals surface area contributed by atoms with E-state index in [2.05, 4.69) is 17.4 Å². The maximum Gasteiger partial charge on any atom is 0.231 e. The zero-order valence-corrected chi connectivity index (χ0v) is 11.6. The van der Waals surface area contributed by atoms with Crippen LogP contribution < -0.4 is 14.8 Å². The minimum absolute atomic E-state index is 0.226. The normalized spacial score (nSPS) is 35.6. The van der Waals surface area contributed by atoms with E-state index in [9.17, 15) is 5.11 Å². The van der Waals surface area contributed by atoms with Gasteiger partial charge in [0.05, 0.1) is 5.60 Å². The molecule has 2 aliphatic heterocycles. The Balaban J connectivity index is 1.66. The Morgan fingerprint density at radius 1 is 1.15 bits per heavy atom. The third-order valence-electron chi connectivity index (χ3n) is 5.15. The van der Waals surface area contributed by atoms with Gasteiger partial charge in [0.15, 0.2) is 11.5 Å². The molecule has 1 aromatic carbocycles. The molecule has 4 heteroatoms. The molecule has 4 rings (SSSR count). The van der Waals surface area contributed by atoms with E-state index < -0.39 is 5.60 Å². The molecule has 20 heavy (non-hydrogen) atoms. The minimum Gasteiger partial charge on any atom is -0.454 e. The number of aliphatic hydroxyl groups is 1. The second-order valence-corrected chi connectivity index (χ2v) is 6.25. The summed E-state index contributed by atoms with van der Waals surface area (Å²) in [5.41, 5.74) is 0.726. The molecule has 0 spiro atoms. The summed E-state index contributed by atoms with van der Waals surface area (Å²) in [7, 11) is 0. The Morgan fingerprint density at radius 3 is 3.00 bits per heavy atom. The fourth-order valence-electron chi connectivity index (χ4n) is 4.08. The van der Waals surface area contributed by atoms with Crippen LogP contribution in [0.2, 0.25) is 0 Å². The first-order valence-electron chi connectivity index (χ1n) is 7.62. The Morgan fingerprint density at radius 2 is 2.05 bits per heavy atom. The summed E-state index contributed by atoms with van der Waals surface area (Å²) in [6.45, 7) is 1.19. The van der Waals surface area contributed by atoms with E-state index in [1.54, 1.807) is 0 Å². The van der Waals surface area contributed by atoms with Crippen LogP contribution in [0.1, 0.15) is 43.7 Å². The van der Waals surface area contributed by atoms with E-state index in [1.165, 1.54) is 12.0 Å². The predicted octanol–water partition coefficient (Wildman–Crippen LogP) is 2.37. The zero-order valence-electron chi connectivity index (χ0n) is 11.6. The fourth-order valence-corrected chi connectivity index (χ4v) is 4.08. The van der Waals surface area contributed by atoms with Crippen molar-refractivity contribution in [3.63, 3.8) is 0 Å². The smallest absolute Gasteiger partial charge is 0.231 e. The number of hydrogen-bond acceptors (Lipinski definition) is 4. The van der Waals surface area contributed by atoms with Crippen LogP contribution in [0.5, 0.6) is 11.5 Å². The first-order chi connectivity index (χ1) is 9.76. The first kappa shape index (κ1) is 12.5. The van der Waals surface area contributed by atoms with Crippen LogP contribution in [0, 0.1) is 5.92 Å². The molecule has 0 aromatic heterocycles. The quantitative estimate of drug-likeness (QED) is 0.826. The van der Waals surface area contributed by atoms with Crippen molar-refractivity contribution in [3.8, 4) is 11.5 Å². The maximum atomic E-state index is 10.9. The second kappa shape index (κ2) is 4.64. The Labute approximate surface area is 119 Å². The molecule has 1 saturated heterocycles. The van der Waals surface area contributed by atoms with E-state index >= 15 is 0 Å². The number of rotatable bonds is 1. The average Bonchev–Trinajstić information content (AvgIpc) is 2.93. The number of benzene rings is 1. The van der Waals surface area contributed by atoms with Crippen LogP contribution in [0.3, 0.4) is 0 Å². The largest absolute Gasteiger partial charge is 0.454 e. The molecule has 0 amide bonds. The molecule has 4 nitrogen and oxygen atoms in total. The highest BCUT2D eigenvalue weighted by Crippen LogP contribution is 2.46. The van der Waals surface area contributed by atoms with Gasteiger partial charge in [-0.05, 0) is 43.5 Å². The fraction of sp³-hybridized carbons (Fsp3) is 0.625. The molecule has 3 aliphatic rings. The third-order valence-corrected chi connectivity index (χ3v) is 5.15. The Hall–Kier alpha value is -1.26. The van der Waals surface area contributed by atoms with Crippen molar-refractivity contribution in [2.75, 3.05) is 13.3 Å². The lowest BCUT2D eigenvalue weighted by Gasteiger charge is -2.48. The lowest BCUT2D eigenvalue weighted by Crippen LogP contribution is -2.53. The van der Waals surface area contributed by atoms with Gasteiger partial charge in [0.25, 0.3) is 0 Å². The van der Waals surface area contributed by atoms with Crippen LogP contribution in [0.4, 0.5) is 0 Å². The van der Waals surface area contributed by atoms with Crippen molar-refractivity contribution in [2.45, 2.75) is 43.7 Å². The molecule has 1 saturated carbocycles. The zero-order chi connectivity index (χ0) is 13.6. The monoisotopic (exact) mass is 275 g/mol. The highest BCUT2D eigenvalue weighted by Gasteiger charge is 2.46. The van der Waals surface area contributed by atoms with E-state index in [-0.39, 0.29) is 6.04 Å². The lowest BCUT2D eigenvalue weighted by molar-refractivity contribution is -0.0861. The van der Waals surface area contributed by atoms with Gasteiger partial charge in [-0.3, -0.25) is 0 Å². The number of ether oxygens (including phenoxy) is 2. The molecule has 0 radical (unpaired) electrons. The van der Waals surface area contributed by atoms with Gasteiger partial charge in [-0.15, -0.1) is 0 Å². The Bertz CT molecular complexity index is 514. The average molecular weight is 275 g/mol. The van der Waals surface area contributed by atoms with Crippen molar-refractivity contribution in [3.05, 3.63) is 23.8 Å². The van der Waals surface area contributed by atoms with Crippen molar-refractivity contribution in [1.82, 2.24) is 5.32 Å². The van der Waals surface area contributed by atoms with E-state index in [1.807, 2.05) is 6.07 Å². The minimum atomic E-state index is -0.482. The van der Waals surface area contributed by atoms with Crippen molar-refractivity contribution < 1.29 is 14.6 Å². The molecule has 2 unspecified atom stereocenters. The highest BCUT2D eigenvalue weighted by molar-refractivity contribution is 5.45. The maximum absolute atomic E-state index is 10.9. The molecule has 3 atom stereocenters. The van der Waals surface area contributed by atoms with Crippen LogP contribution in [0.15, 0.2) is 18.2 Å². The molecule has 1 aromatic rings. The summed E-state index contributed by atoms with van der Waals surface area (Å²) in [4.78, 5) is 0. The molecule has 2 heterocycles. The van der Waals surface area contributed by atoms with Gasteiger partial charge in [-0.2, -0.15) is 0 Å². The number of piperidine rings is 1. The first-order valence-corrected chi connectivity index (χ1v) is 7.62. The highest BCUT2D eigenvalue weighted by atomic mass is 16.7. The van der Waals surface area contributed by atoms with Gasteiger partial charge in [0.2, 0.25) is 6.79 Å². The van der Waals surface area contributed by atoms with Gasteiger partial charge in [-0.25, -0.2) is 0 Å². The van der Waals surface area contributed by atoms with E-state index in [4.69, 9.17) is 9.47 Å². The Kier molecular flexibility index (Phi) is 2.89. The standard InChI is InChI=1S/C16H21NO3/c18-16-6-2-1-3-12(16)15(17-8-7-16)11-4-5-13-14(9-11)20-10-19-13/h4-5,9,12,15,17-18H,1-3,6-8,10H2/t12?,15-,16?/m0/s1. The van der Waals surface area contributed by atoms with Crippen LogP contribution >= 0.6 is 0 Å². The summed E-state index contributed by atoms with van der Waals surface area (Å²) < 4.78 is 10.9. The van der Waals surface area contributed by atoms with E-state index in [0.717, 1.165) is 43.7 Å². The topological polar surface area (TPSA) is 50.7 Å². The van der Waals surface area contributed by atoms with Crippen molar-refractivity contribution >= 4 is 0 Å². The summed E-state index contributed by atoms with van der Waals surface area (Å²) >= 11 is 0. The molecular weight excluding hydrogens is 254 g/mol. The van der Waals surface area contributed by atoms with Gasteiger partial charge in [-0.1, -0.05) is 18.9 Å². The summed E-state index contributed by atoms with van der Waals surface area (Å²) in [6.07, 6.45) is 5.29. The molecular formula is C16H21NO3. The molecule has 0 bridgehead atoms. The van der Waals surface area contributed by atoms with Crippen LogP contribution in [-0.4, -0.2) is 24.0 Å². The second-order valence-electron chi connectivity index (χ2n) is 6.25. The molecule has 108 valence electrons. The van der Waals surface area contributed by atoms with E-state index in [0.29, 0.717) is 12.7 Å². The van der Waals surface area contributed by atoms with Gasteiger partial charge in [0, 0.05) is 12.0 Å².